The lowest BCUT2D eigenvalue weighted by molar-refractivity contribution is -0.141. The van der Waals surface area contributed by atoms with E-state index in [1.807, 2.05) is 63.2 Å². The van der Waals surface area contributed by atoms with Gasteiger partial charge in [-0.25, -0.2) is 8.42 Å². The van der Waals surface area contributed by atoms with Crippen molar-refractivity contribution in [2.24, 2.45) is 0 Å². The van der Waals surface area contributed by atoms with Crippen LogP contribution in [0.4, 0.5) is 5.69 Å². The lowest BCUT2D eigenvalue weighted by Gasteiger charge is -2.33. The Balaban J connectivity index is 1.90. The van der Waals surface area contributed by atoms with Crippen molar-refractivity contribution in [3.05, 3.63) is 99.5 Å². The van der Waals surface area contributed by atoms with Crippen molar-refractivity contribution >= 4 is 50.7 Å². The summed E-state index contributed by atoms with van der Waals surface area (Å²) in [4.78, 5) is 29.2. The van der Waals surface area contributed by atoms with Crippen LogP contribution < -0.4 is 9.62 Å². The van der Waals surface area contributed by atoms with Gasteiger partial charge in [-0.15, -0.1) is 0 Å². The van der Waals surface area contributed by atoms with Crippen LogP contribution in [0.5, 0.6) is 0 Å². The molecule has 0 heterocycles. The standard InChI is InChI=1S/C32H39Cl2N3O4S/c1-5-24(3)35-32(39)30(20-25-10-7-6-8-11-25)36(22-26-14-17-27(33)18-15-26)31(38)12-9-19-37(42(4,40)41)29-21-28(34)16-13-23(29)2/h6-8,10-11,13-18,21,24,30H,5,9,12,19-20,22H2,1-4H3,(H,35,39)/t24-,30-/m1/s1. The van der Waals surface area contributed by atoms with E-state index < -0.39 is 16.1 Å². The van der Waals surface area contributed by atoms with Gasteiger partial charge in [-0.05, 0) is 67.6 Å². The highest BCUT2D eigenvalue weighted by Gasteiger charge is 2.31. The minimum Gasteiger partial charge on any atom is -0.352 e. The normalized spacial score (nSPS) is 12.8. The second kappa shape index (κ2) is 15.4. The van der Waals surface area contributed by atoms with Crippen LogP contribution in [0.3, 0.4) is 0 Å². The van der Waals surface area contributed by atoms with E-state index in [4.69, 9.17) is 23.2 Å². The molecule has 0 spiro atoms. The summed E-state index contributed by atoms with van der Waals surface area (Å²) in [7, 11) is -3.64. The topological polar surface area (TPSA) is 86.8 Å². The summed E-state index contributed by atoms with van der Waals surface area (Å²) in [6.45, 7) is 6.02. The van der Waals surface area contributed by atoms with E-state index >= 15 is 0 Å². The third kappa shape index (κ3) is 9.75. The molecule has 2 amide bonds. The largest absolute Gasteiger partial charge is 0.352 e. The van der Waals surface area contributed by atoms with Crippen molar-refractivity contribution in [2.45, 2.75) is 65.1 Å². The Labute approximate surface area is 259 Å². The van der Waals surface area contributed by atoms with Crippen LogP contribution in [0.15, 0.2) is 72.8 Å². The second-order valence-corrected chi connectivity index (χ2v) is 13.3. The number of hydrogen-bond donors (Lipinski definition) is 1. The van der Waals surface area contributed by atoms with Crippen LogP contribution in [0, 0.1) is 6.92 Å². The van der Waals surface area contributed by atoms with Crippen molar-refractivity contribution in [3.63, 3.8) is 0 Å². The van der Waals surface area contributed by atoms with Gasteiger partial charge in [0.1, 0.15) is 6.04 Å². The maximum atomic E-state index is 13.9. The summed E-state index contributed by atoms with van der Waals surface area (Å²) in [5, 5.41) is 4.05. The highest BCUT2D eigenvalue weighted by atomic mass is 35.5. The van der Waals surface area contributed by atoms with Gasteiger partial charge in [0, 0.05) is 42.0 Å². The third-order valence-corrected chi connectivity index (χ3v) is 8.80. The SMILES string of the molecule is CC[C@@H](C)NC(=O)[C@@H](Cc1ccccc1)N(Cc1ccc(Cl)cc1)C(=O)CCCN(c1cc(Cl)ccc1C)S(C)(=O)=O. The molecule has 3 rings (SSSR count). The first-order valence-corrected chi connectivity index (χ1v) is 16.6. The first-order chi connectivity index (χ1) is 19.9. The predicted octanol–water partition coefficient (Wildman–Crippen LogP) is 6.40. The molecule has 0 bridgehead atoms. The zero-order valence-corrected chi connectivity index (χ0v) is 26.8. The number of sulfonamides is 1. The zero-order chi connectivity index (χ0) is 30.9. The van der Waals surface area contributed by atoms with E-state index in [0.29, 0.717) is 22.2 Å². The van der Waals surface area contributed by atoms with Gasteiger partial charge < -0.3 is 10.2 Å². The molecule has 0 aromatic heterocycles. The molecule has 0 radical (unpaired) electrons. The van der Waals surface area contributed by atoms with Crippen molar-refractivity contribution in [1.29, 1.82) is 0 Å². The minimum atomic E-state index is -3.64. The molecule has 0 aliphatic carbocycles. The molecule has 0 aliphatic heterocycles. The lowest BCUT2D eigenvalue weighted by atomic mass is 10.0. The number of carbonyl (C=O) groups is 2. The molecule has 226 valence electrons. The lowest BCUT2D eigenvalue weighted by Crippen LogP contribution is -2.52. The van der Waals surface area contributed by atoms with Gasteiger partial charge in [0.25, 0.3) is 0 Å². The van der Waals surface area contributed by atoms with Crippen LogP contribution in [0.25, 0.3) is 0 Å². The van der Waals surface area contributed by atoms with Crippen molar-refractivity contribution in [1.82, 2.24) is 10.2 Å². The number of halogens is 2. The van der Waals surface area contributed by atoms with Crippen LogP contribution in [0.2, 0.25) is 10.0 Å². The first-order valence-electron chi connectivity index (χ1n) is 14.0. The van der Waals surface area contributed by atoms with E-state index in [0.717, 1.165) is 29.4 Å². The highest BCUT2D eigenvalue weighted by Crippen LogP contribution is 2.27. The van der Waals surface area contributed by atoms with Crippen molar-refractivity contribution in [2.75, 3.05) is 17.1 Å². The maximum Gasteiger partial charge on any atom is 0.243 e. The molecule has 3 aromatic rings. The number of benzene rings is 3. The summed E-state index contributed by atoms with van der Waals surface area (Å²) in [5.41, 5.74) is 2.99. The van der Waals surface area contributed by atoms with E-state index in [-0.39, 0.29) is 43.8 Å². The van der Waals surface area contributed by atoms with Gasteiger partial charge in [-0.1, -0.05) is 78.7 Å². The third-order valence-electron chi connectivity index (χ3n) is 7.13. The van der Waals surface area contributed by atoms with Crippen LogP contribution in [-0.2, 0) is 32.6 Å². The summed E-state index contributed by atoms with van der Waals surface area (Å²) in [6, 6.07) is 21.0. The number of carbonyl (C=O) groups excluding carboxylic acids is 2. The van der Waals surface area contributed by atoms with E-state index in [1.54, 1.807) is 35.2 Å². The molecule has 0 fully saturated rings. The first kappa shape index (κ1) is 33.4. The van der Waals surface area contributed by atoms with Gasteiger partial charge >= 0.3 is 0 Å². The number of nitrogens with one attached hydrogen (secondary N) is 1. The van der Waals surface area contributed by atoms with Gasteiger partial charge in [0.05, 0.1) is 11.9 Å². The Morgan fingerprint density at radius 1 is 0.929 bits per heavy atom. The molecule has 0 unspecified atom stereocenters. The molecule has 42 heavy (non-hydrogen) atoms. The average Bonchev–Trinajstić information content (AvgIpc) is 2.95. The predicted molar refractivity (Wildman–Crippen MR) is 171 cm³/mol. The Kier molecular flexibility index (Phi) is 12.3. The molecular formula is C32H39Cl2N3O4S. The number of anilines is 1. The molecule has 10 heteroatoms. The monoisotopic (exact) mass is 631 g/mol. The maximum absolute atomic E-state index is 13.9. The molecule has 0 saturated heterocycles. The van der Waals surface area contributed by atoms with E-state index in [2.05, 4.69) is 5.32 Å². The number of aryl methyl sites for hydroxylation is 1. The molecule has 3 aromatic carbocycles. The Hall–Kier alpha value is -3.07. The summed E-state index contributed by atoms with van der Waals surface area (Å²) < 4.78 is 26.7. The van der Waals surface area contributed by atoms with E-state index in [1.165, 1.54) is 4.31 Å². The number of nitrogens with zero attached hydrogens (tertiary/aromatic N) is 2. The summed E-state index contributed by atoms with van der Waals surface area (Å²) in [6.07, 6.45) is 2.51. The van der Waals surface area contributed by atoms with Gasteiger partial charge in [0.15, 0.2) is 0 Å². The second-order valence-electron chi connectivity index (χ2n) is 10.5. The number of amides is 2. The molecule has 2 atom stereocenters. The fourth-order valence-electron chi connectivity index (χ4n) is 4.62. The molecule has 0 aliphatic rings. The van der Waals surface area contributed by atoms with Crippen LogP contribution >= 0.6 is 23.2 Å². The van der Waals surface area contributed by atoms with Gasteiger partial charge in [-0.3, -0.25) is 13.9 Å². The minimum absolute atomic E-state index is 0.0428. The van der Waals surface area contributed by atoms with Crippen molar-refractivity contribution < 1.29 is 18.0 Å². The van der Waals surface area contributed by atoms with E-state index in [9.17, 15) is 18.0 Å². The Morgan fingerprint density at radius 2 is 1.57 bits per heavy atom. The summed E-state index contributed by atoms with van der Waals surface area (Å²) in [5.74, 6) is -0.482. The molecular weight excluding hydrogens is 593 g/mol. The van der Waals surface area contributed by atoms with Gasteiger partial charge in [0.2, 0.25) is 21.8 Å². The molecule has 7 nitrogen and oxygen atoms in total. The summed E-state index contributed by atoms with van der Waals surface area (Å²) >= 11 is 12.3. The number of hydrogen-bond acceptors (Lipinski definition) is 4. The van der Waals surface area contributed by atoms with Crippen LogP contribution in [0.1, 0.15) is 49.8 Å². The Bertz CT molecular complexity index is 1450. The van der Waals surface area contributed by atoms with Crippen LogP contribution in [-0.4, -0.2) is 50.0 Å². The zero-order valence-electron chi connectivity index (χ0n) is 24.5. The quantitative estimate of drug-likeness (QED) is 0.223. The molecule has 1 N–H and O–H groups in total. The fourth-order valence-corrected chi connectivity index (χ4v) is 5.92. The highest BCUT2D eigenvalue weighted by molar-refractivity contribution is 7.92. The van der Waals surface area contributed by atoms with Gasteiger partial charge in [-0.2, -0.15) is 0 Å². The fraction of sp³-hybridized carbons (Fsp3) is 0.375. The number of rotatable bonds is 14. The Morgan fingerprint density at radius 3 is 2.19 bits per heavy atom. The molecule has 0 saturated carbocycles. The average molecular weight is 633 g/mol. The smallest absolute Gasteiger partial charge is 0.243 e. The van der Waals surface area contributed by atoms with Crippen molar-refractivity contribution in [3.8, 4) is 0 Å².